The number of carbonyl (C=O) groups excluding carboxylic acids is 1. The molecule has 3 N–H and O–H groups in total. The summed E-state index contributed by atoms with van der Waals surface area (Å²) in [6.07, 6.45) is 5.01. The number of carbonyl (C=O) groups is 1. The number of hydrogen-bond acceptors (Lipinski definition) is 9. The van der Waals surface area contributed by atoms with Crippen molar-refractivity contribution in [2.24, 2.45) is 5.92 Å². The maximum atomic E-state index is 12.1. The summed E-state index contributed by atoms with van der Waals surface area (Å²) < 4.78 is 13.6. The summed E-state index contributed by atoms with van der Waals surface area (Å²) in [5.41, 5.74) is 8.34. The van der Waals surface area contributed by atoms with Gasteiger partial charge in [0.05, 0.1) is 0 Å². The molecule has 10 nitrogen and oxygen atoms in total. The number of anilines is 1. The molecular formula is C25H30N6O4S. The number of piperidine rings is 1. The normalized spacial score (nSPS) is 16.8. The lowest BCUT2D eigenvalue weighted by Gasteiger charge is -2.32. The second-order valence-electron chi connectivity index (χ2n) is 9.05. The molecule has 0 unspecified atom stereocenters. The molecule has 0 aliphatic carbocycles. The van der Waals surface area contributed by atoms with Gasteiger partial charge in [0.25, 0.3) is 5.91 Å². The van der Waals surface area contributed by atoms with Gasteiger partial charge in [-0.25, -0.2) is 15.0 Å². The van der Waals surface area contributed by atoms with Crippen molar-refractivity contribution in [1.29, 1.82) is 0 Å². The quantitative estimate of drug-likeness (QED) is 0.493. The van der Waals surface area contributed by atoms with Crippen LogP contribution in [0.15, 0.2) is 35.1 Å². The van der Waals surface area contributed by atoms with Gasteiger partial charge >= 0.3 is 0 Å². The lowest BCUT2D eigenvalue weighted by Crippen LogP contribution is -2.43. The van der Waals surface area contributed by atoms with Gasteiger partial charge in [-0.1, -0.05) is 24.4 Å². The molecule has 1 atom stereocenters. The first-order chi connectivity index (χ1) is 17.4. The summed E-state index contributed by atoms with van der Waals surface area (Å²) in [5.74, 6) is 2.02. The maximum absolute atomic E-state index is 12.1. The Morgan fingerprint density at radius 2 is 2.00 bits per heavy atom. The summed E-state index contributed by atoms with van der Waals surface area (Å²) >= 11 is 1.51. The van der Waals surface area contributed by atoms with E-state index in [2.05, 4.69) is 21.1 Å². The van der Waals surface area contributed by atoms with Crippen molar-refractivity contribution >= 4 is 40.7 Å². The number of amides is 1. The molecule has 5 rings (SSSR count). The van der Waals surface area contributed by atoms with E-state index in [0.717, 1.165) is 34.9 Å². The third-order valence-electron chi connectivity index (χ3n) is 6.67. The molecule has 2 aromatic heterocycles. The van der Waals surface area contributed by atoms with Crippen molar-refractivity contribution in [3.05, 3.63) is 30.6 Å². The van der Waals surface area contributed by atoms with Crippen LogP contribution in [-0.4, -0.2) is 67.8 Å². The van der Waals surface area contributed by atoms with Crippen LogP contribution in [0.3, 0.4) is 0 Å². The van der Waals surface area contributed by atoms with E-state index in [1.165, 1.54) is 25.0 Å². The number of nitrogens with zero attached hydrogens (tertiary/aromatic N) is 5. The summed E-state index contributed by atoms with van der Waals surface area (Å²) in [5, 5.41) is 10.4. The minimum Gasteiger partial charge on any atom is -0.486 e. The minimum absolute atomic E-state index is 0.197. The number of aryl methyl sites for hydroxylation is 1. The number of aromatic nitrogens is 4. The van der Waals surface area contributed by atoms with E-state index < -0.39 is 6.10 Å². The Balaban J connectivity index is 1.38. The molecule has 1 aromatic carbocycles. The number of likely N-dealkylation sites (tertiary alicyclic amines) is 1. The molecule has 0 bridgehead atoms. The van der Waals surface area contributed by atoms with Crippen LogP contribution in [0.5, 0.6) is 11.5 Å². The Kier molecular flexibility index (Phi) is 7.01. The van der Waals surface area contributed by atoms with E-state index in [9.17, 15) is 9.90 Å². The first kappa shape index (κ1) is 24.4. The number of benzene rings is 1. The smallest absolute Gasteiger partial charge is 0.251 e. The number of nitrogens with two attached hydrogens (primary N) is 1. The van der Waals surface area contributed by atoms with E-state index in [0.29, 0.717) is 67.2 Å². The largest absolute Gasteiger partial charge is 0.486 e. The Hall–Kier alpha value is -3.31. The Labute approximate surface area is 213 Å². The highest BCUT2D eigenvalue weighted by Gasteiger charge is 2.26. The van der Waals surface area contributed by atoms with Crippen LogP contribution in [-0.2, 0) is 11.3 Å². The van der Waals surface area contributed by atoms with Crippen LogP contribution in [0.4, 0.5) is 5.82 Å². The third-order valence-corrected chi connectivity index (χ3v) is 7.73. The number of ether oxygens (including phenoxy) is 2. The minimum atomic E-state index is -0.954. The molecule has 190 valence electrons. The SMILES string of the molecule is C=Cc1cc2c(cc1Sc1nc3c(N)ncnc3n1CCC1CCN(C(=O)[C@H](C)O)CC1)OCCO2. The molecule has 1 amide bonds. The molecular weight excluding hydrogens is 480 g/mol. The molecule has 0 spiro atoms. The second kappa shape index (κ2) is 10.4. The van der Waals surface area contributed by atoms with Gasteiger partial charge < -0.3 is 29.8 Å². The lowest BCUT2D eigenvalue weighted by atomic mass is 9.93. The van der Waals surface area contributed by atoms with Crippen molar-refractivity contribution in [2.75, 3.05) is 32.0 Å². The van der Waals surface area contributed by atoms with Crippen LogP contribution >= 0.6 is 11.8 Å². The molecule has 3 aromatic rings. The van der Waals surface area contributed by atoms with Gasteiger partial charge in [0.2, 0.25) is 0 Å². The third kappa shape index (κ3) is 4.85. The van der Waals surface area contributed by atoms with Gasteiger partial charge in [-0.05, 0) is 49.8 Å². The van der Waals surface area contributed by atoms with Crippen molar-refractivity contribution in [1.82, 2.24) is 24.4 Å². The van der Waals surface area contributed by atoms with Crippen LogP contribution in [0, 0.1) is 5.92 Å². The van der Waals surface area contributed by atoms with E-state index in [-0.39, 0.29) is 5.91 Å². The van der Waals surface area contributed by atoms with E-state index in [1.807, 2.05) is 12.1 Å². The number of rotatable bonds is 7. The topological polar surface area (TPSA) is 129 Å². The summed E-state index contributed by atoms with van der Waals surface area (Å²) in [4.78, 5) is 28.2. The van der Waals surface area contributed by atoms with E-state index >= 15 is 0 Å². The Morgan fingerprint density at radius 1 is 1.28 bits per heavy atom. The number of fused-ring (bicyclic) bond motifs is 2. The monoisotopic (exact) mass is 510 g/mol. The molecule has 2 aliphatic heterocycles. The van der Waals surface area contributed by atoms with Gasteiger partial charge in [0.1, 0.15) is 25.6 Å². The highest BCUT2D eigenvalue weighted by Crippen LogP contribution is 2.41. The van der Waals surface area contributed by atoms with Gasteiger partial charge in [-0.3, -0.25) is 4.79 Å². The highest BCUT2D eigenvalue weighted by atomic mass is 32.2. The van der Waals surface area contributed by atoms with Crippen LogP contribution in [0.2, 0.25) is 0 Å². The van der Waals surface area contributed by atoms with Crippen LogP contribution in [0.25, 0.3) is 17.2 Å². The lowest BCUT2D eigenvalue weighted by molar-refractivity contribution is -0.140. The van der Waals surface area contributed by atoms with Crippen LogP contribution in [0.1, 0.15) is 31.7 Å². The Bertz CT molecular complexity index is 1290. The zero-order valence-corrected chi connectivity index (χ0v) is 21.0. The molecule has 0 radical (unpaired) electrons. The fourth-order valence-electron chi connectivity index (χ4n) is 4.66. The molecule has 36 heavy (non-hydrogen) atoms. The molecule has 11 heteroatoms. The van der Waals surface area contributed by atoms with Gasteiger partial charge in [0, 0.05) is 24.5 Å². The summed E-state index contributed by atoms with van der Waals surface area (Å²) in [6, 6.07) is 3.90. The fourth-order valence-corrected chi connectivity index (χ4v) is 5.71. The van der Waals surface area contributed by atoms with Crippen LogP contribution < -0.4 is 15.2 Å². The zero-order chi connectivity index (χ0) is 25.2. The number of hydrogen-bond donors (Lipinski definition) is 2. The predicted molar refractivity (Wildman–Crippen MR) is 137 cm³/mol. The standard InChI is InChI=1S/C25H30N6O4S/c1-3-17-12-18-19(35-11-10-34-18)13-20(17)36-25-29-21-22(26)27-14-28-23(21)31(25)9-6-16-4-7-30(8-5-16)24(33)15(2)32/h3,12-16,32H,1,4-11H2,2H3,(H2,26,27,28)/t15-/m0/s1. The molecule has 4 heterocycles. The summed E-state index contributed by atoms with van der Waals surface area (Å²) in [6.45, 7) is 8.55. The second-order valence-corrected chi connectivity index (χ2v) is 10.1. The van der Waals surface area contributed by atoms with E-state index in [1.54, 1.807) is 11.0 Å². The number of aliphatic hydroxyl groups is 1. The highest BCUT2D eigenvalue weighted by molar-refractivity contribution is 7.99. The predicted octanol–water partition coefficient (Wildman–Crippen LogP) is 2.98. The van der Waals surface area contributed by atoms with Crippen molar-refractivity contribution in [2.45, 2.75) is 48.9 Å². The number of imidazole rings is 1. The number of nitrogen functional groups attached to an aromatic ring is 1. The van der Waals surface area contributed by atoms with E-state index in [4.69, 9.17) is 20.2 Å². The molecule has 2 aliphatic rings. The summed E-state index contributed by atoms with van der Waals surface area (Å²) in [7, 11) is 0. The molecule has 0 saturated carbocycles. The zero-order valence-electron chi connectivity index (χ0n) is 20.2. The average Bonchev–Trinajstić information content (AvgIpc) is 3.25. The number of aliphatic hydroxyl groups excluding tert-OH is 1. The molecule has 1 fully saturated rings. The van der Waals surface area contributed by atoms with Crippen molar-refractivity contribution < 1.29 is 19.4 Å². The Morgan fingerprint density at radius 3 is 2.69 bits per heavy atom. The molecule has 1 saturated heterocycles. The first-order valence-electron chi connectivity index (χ1n) is 12.1. The average molecular weight is 511 g/mol. The van der Waals surface area contributed by atoms with Crippen molar-refractivity contribution in [3.8, 4) is 11.5 Å². The van der Waals surface area contributed by atoms with Crippen molar-refractivity contribution in [3.63, 3.8) is 0 Å². The first-order valence-corrected chi connectivity index (χ1v) is 12.9. The van der Waals surface area contributed by atoms with Gasteiger partial charge in [-0.2, -0.15) is 0 Å². The fraction of sp³-hybridized carbons (Fsp3) is 0.440. The maximum Gasteiger partial charge on any atom is 0.251 e. The van der Waals surface area contributed by atoms with Gasteiger partial charge in [0.15, 0.2) is 33.6 Å². The van der Waals surface area contributed by atoms with Gasteiger partial charge in [-0.15, -0.1) is 0 Å².